The average Bonchev–Trinajstić information content (AvgIpc) is 3.26. The summed E-state index contributed by atoms with van der Waals surface area (Å²) in [5.74, 6) is -2.37. The van der Waals surface area contributed by atoms with Gasteiger partial charge in [-0.2, -0.15) is 0 Å². The Morgan fingerprint density at radius 3 is 2.65 bits per heavy atom. The number of hydrogen-bond donors (Lipinski definition) is 2. The minimum atomic E-state index is -0.881. The molecule has 4 aromatic rings. The number of anilines is 3. The number of aryl methyl sites for hydroxylation is 1. The molecule has 10 nitrogen and oxygen atoms in total. The van der Waals surface area contributed by atoms with Gasteiger partial charge in [-0.3, -0.25) is 9.36 Å². The van der Waals surface area contributed by atoms with Crippen LogP contribution in [-0.2, 0) is 0 Å². The van der Waals surface area contributed by atoms with Crippen molar-refractivity contribution in [3.8, 4) is 11.6 Å². The fraction of sp³-hybridized carbons (Fsp3) is 0.240. The number of benzene rings is 1. The van der Waals surface area contributed by atoms with Crippen LogP contribution in [-0.4, -0.2) is 51.6 Å². The van der Waals surface area contributed by atoms with Crippen LogP contribution in [0.1, 0.15) is 17.4 Å². The van der Waals surface area contributed by atoms with Gasteiger partial charge in [-0.1, -0.05) is 0 Å². The third kappa shape index (κ3) is 4.52. The predicted molar refractivity (Wildman–Crippen MR) is 134 cm³/mol. The first-order valence-corrected chi connectivity index (χ1v) is 11.5. The second kappa shape index (κ2) is 9.79. The van der Waals surface area contributed by atoms with E-state index in [1.54, 1.807) is 19.2 Å². The molecule has 2 N–H and O–H groups in total. The Hall–Kier alpha value is -4.63. The minimum Gasteiger partial charge on any atom is -0.446 e. The van der Waals surface area contributed by atoms with Crippen LogP contribution in [0.3, 0.4) is 0 Å². The maximum atomic E-state index is 15.3. The topological polar surface area (TPSA) is 102 Å². The monoisotopic (exact) mass is 504 g/mol. The molecule has 5 rings (SSSR count). The molecule has 1 aromatic carbocycles. The SMILES string of the molecule is [C-]#[N+]c1c(Nc2ccc(N3CCNCC3)cn2)ncnc1Oc1cc(F)c2c(cc(C)n2C(C)=O)c1F. The fourth-order valence-electron chi connectivity index (χ4n) is 4.33. The number of pyridine rings is 1. The lowest BCUT2D eigenvalue weighted by molar-refractivity contribution is 0.0939. The van der Waals surface area contributed by atoms with Crippen LogP contribution in [0.5, 0.6) is 11.6 Å². The molecule has 12 heteroatoms. The third-order valence-corrected chi connectivity index (χ3v) is 6.02. The molecule has 0 radical (unpaired) electrons. The highest BCUT2D eigenvalue weighted by molar-refractivity contribution is 5.94. The number of hydrogen-bond acceptors (Lipinski definition) is 8. The van der Waals surface area contributed by atoms with Gasteiger partial charge in [-0.15, -0.1) is 0 Å². The molecule has 0 amide bonds. The number of fused-ring (bicyclic) bond motifs is 1. The lowest BCUT2D eigenvalue weighted by Gasteiger charge is -2.29. The van der Waals surface area contributed by atoms with Crippen molar-refractivity contribution in [1.82, 2.24) is 24.8 Å². The number of piperazine rings is 1. The standard InChI is InChI=1S/C25H22F2N8O2/c1-14-10-17-21(27)19(11-18(26)23(17)35(14)15(2)36)37-25-22(28-3)24(31-13-32-25)33-20-5-4-16(12-30-20)34-8-6-29-7-9-34/h4-5,10-13,29H,6-9H2,1-2H3,(H,30,31,32,33). The highest BCUT2D eigenvalue weighted by atomic mass is 19.1. The Balaban J connectivity index is 1.44. The molecule has 1 aliphatic heterocycles. The molecule has 188 valence electrons. The summed E-state index contributed by atoms with van der Waals surface area (Å²) in [6.45, 7) is 14.0. The van der Waals surface area contributed by atoms with Crippen molar-refractivity contribution >= 4 is 39.8 Å². The van der Waals surface area contributed by atoms with E-state index in [0.717, 1.165) is 48.8 Å². The third-order valence-electron chi connectivity index (χ3n) is 6.02. The number of rotatable bonds is 5. The highest BCUT2D eigenvalue weighted by Gasteiger charge is 2.23. The molecule has 1 saturated heterocycles. The van der Waals surface area contributed by atoms with Crippen LogP contribution < -0.4 is 20.3 Å². The van der Waals surface area contributed by atoms with Gasteiger partial charge in [0, 0.05) is 50.2 Å². The maximum Gasteiger partial charge on any atom is 0.288 e. The zero-order valence-corrected chi connectivity index (χ0v) is 20.0. The fourth-order valence-corrected chi connectivity index (χ4v) is 4.33. The summed E-state index contributed by atoms with van der Waals surface area (Å²) in [7, 11) is 0. The van der Waals surface area contributed by atoms with E-state index in [0.29, 0.717) is 11.5 Å². The lowest BCUT2D eigenvalue weighted by atomic mass is 10.2. The zero-order valence-electron chi connectivity index (χ0n) is 20.0. The second-order valence-electron chi connectivity index (χ2n) is 8.43. The molecule has 0 saturated carbocycles. The van der Waals surface area contributed by atoms with E-state index in [2.05, 4.69) is 35.3 Å². The van der Waals surface area contributed by atoms with Crippen LogP contribution in [0.2, 0.25) is 0 Å². The molecule has 3 aromatic heterocycles. The molecular formula is C25H22F2N8O2. The number of carbonyl (C=O) groups excluding carboxylic acids is 1. The lowest BCUT2D eigenvalue weighted by Crippen LogP contribution is -2.43. The van der Waals surface area contributed by atoms with Gasteiger partial charge < -0.3 is 20.3 Å². The van der Waals surface area contributed by atoms with Crippen LogP contribution in [0, 0.1) is 25.1 Å². The first kappa shape index (κ1) is 24.1. The van der Waals surface area contributed by atoms with Crippen molar-refractivity contribution in [2.75, 3.05) is 36.4 Å². The number of halogens is 2. The Kier molecular flexibility index (Phi) is 6.37. The summed E-state index contributed by atoms with van der Waals surface area (Å²) in [6, 6.07) is 5.87. The van der Waals surface area contributed by atoms with E-state index in [1.165, 1.54) is 13.0 Å². The van der Waals surface area contributed by atoms with E-state index in [1.807, 2.05) is 6.07 Å². The quantitative estimate of drug-likeness (QED) is 0.381. The second-order valence-corrected chi connectivity index (χ2v) is 8.43. The van der Waals surface area contributed by atoms with Gasteiger partial charge in [-0.25, -0.2) is 28.6 Å². The normalized spacial score (nSPS) is 13.4. The molecule has 1 fully saturated rings. The molecule has 0 spiro atoms. The van der Waals surface area contributed by atoms with Gasteiger partial charge in [-0.05, 0) is 25.1 Å². The molecule has 1 aliphatic rings. The summed E-state index contributed by atoms with van der Waals surface area (Å²) < 4.78 is 36.9. The predicted octanol–water partition coefficient (Wildman–Crippen LogP) is 4.57. The number of carbonyl (C=O) groups is 1. The molecule has 37 heavy (non-hydrogen) atoms. The maximum absolute atomic E-state index is 15.3. The Morgan fingerprint density at radius 1 is 1.19 bits per heavy atom. The average molecular weight is 505 g/mol. The van der Waals surface area contributed by atoms with Crippen molar-refractivity contribution in [3.63, 3.8) is 0 Å². The largest absolute Gasteiger partial charge is 0.446 e. The zero-order chi connectivity index (χ0) is 26.1. The van der Waals surface area contributed by atoms with Crippen LogP contribution in [0.15, 0.2) is 36.8 Å². The summed E-state index contributed by atoms with van der Waals surface area (Å²) in [5, 5.41) is 6.15. The molecule has 0 atom stereocenters. The van der Waals surface area contributed by atoms with E-state index >= 15 is 4.39 Å². The summed E-state index contributed by atoms with van der Waals surface area (Å²) >= 11 is 0. The van der Waals surface area contributed by atoms with Crippen LogP contribution in [0.4, 0.5) is 31.8 Å². The van der Waals surface area contributed by atoms with E-state index < -0.39 is 23.3 Å². The van der Waals surface area contributed by atoms with E-state index in [4.69, 9.17) is 11.3 Å². The molecule has 0 aliphatic carbocycles. The number of ether oxygens (including phenoxy) is 1. The van der Waals surface area contributed by atoms with Crippen molar-refractivity contribution in [1.29, 1.82) is 0 Å². The first-order chi connectivity index (χ1) is 17.9. The van der Waals surface area contributed by atoms with Crippen LogP contribution >= 0.6 is 0 Å². The van der Waals surface area contributed by atoms with Crippen molar-refractivity contribution in [2.24, 2.45) is 0 Å². The number of aromatic nitrogens is 4. The molecular weight excluding hydrogens is 482 g/mol. The number of nitrogens with zero attached hydrogens (tertiary/aromatic N) is 6. The van der Waals surface area contributed by atoms with Gasteiger partial charge in [0.25, 0.3) is 5.69 Å². The van der Waals surface area contributed by atoms with E-state index in [9.17, 15) is 9.18 Å². The summed E-state index contributed by atoms with van der Waals surface area (Å²) in [6.07, 6.45) is 2.87. The Bertz CT molecular complexity index is 1540. The summed E-state index contributed by atoms with van der Waals surface area (Å²) in [4.78, 5) is 30.0. The van der Waals surface area contributed by atoms with Crippen molar-refractivity contribution in [2.45, 2.75) is 13.8 Å². The molecule has 4 heterocycles. The van der Waals surface area contributed by atoms with Gasteiger partial charge >= 0.3 is 0 Å². The minimum absolute atomic E-state index is 0.1000. The van der Waals surface area contributed by atoms with Crippen molar-refractivity contribution in [3.05, 3.63) is 65.5 Å². The van der Waals surface area contributed by atoms with Gasteiger partial charge in [0.15, 0.2) is 17.4 Å². The summed E-state index contributed by atoms with van der Waals surface area (Å²) in [5.41, 5.74) is 1.04. The smallest absolute Gasteiger partial charge is 0.288 e. The Morgan fingerprint density at radius 2 is 1.97 bits per heavy atom. The van der Waals surface area contributed by atoms with Gasteiger partial charge in [0.05, 0.1) is 24.0 Å². The molecule has 0 bridgehead atoms. The number of nitrogens with one attached hydrogen (secondary N) is 2. The van der Waals surface area contributed by atoms with Gasteiger partial charge in [0.2, 0.25) is 11.8 Å². The Labute approximate surface area is 210 Å². The molecule has 0 unspecified atom stereocenters. The van der Waals surface area contributed by atoms with Crippen LogP contribution in [0.25, 0.3) is 15.7 Å². The highest BCUT2D eigenvalue weighted by Crippen LogP contribution is 2.39. The van der Waals surface area contributed by atoms with E-state index in [-0.39, 0.29) is 28.3 Å². The van der Waals surface area contributed by atoms with Crippen molar-refractivity contribution < 1.29 is 18.3 Å². The first-order valence-electron chi connectivity index (χ1n) is 11.5. The van der Waals surface area contributed by atoms with Gasteiger partial charge in [0.1, 0.15) is 18.0 Å².